The van der Waals surface area contributed by atoms with Crippen molar-refractivity contribution in [1.82, 2.24) is 4.98 Å². The Balaban J connectivity index is 1.32. The van der Waals surface area contributed by atoms with E-state index in [0.717, 1.165) is 23.7 Å². The number of imide groups is 1. The Morgan fingerprint density at radius 1 is 0.977 bits per heavy atom. The van der Waals surface area contributed by atoms with Crippen molar-refractivity contribution in [2.45, 2.75) is 33.1 Å². The molecule has 2 amide bonds. The molecular formula is C34H27Br2ClN2O5. The first-order chi connectivity index (χ1) is 21.0. The van der Waals surface area contributed by atoms with Crippen LogP contribution in [0.1, 0.15) is 52.5 Å². The Kier molecular flexibility index (Phi) is 8.48. The van der Waals surface area contributed by atoms with Gasteiger partial charge >= 0.3 is 5.97 Å². The molecule has 44 heavy (non-hydrogen) atoms. The Bertz CT molecular complexity index is 1840. The van der Waals surface area contributed by atoms with Gasteiger partial charge in [0.2, 0.25) is 11.8 Å². The second-order valence-electron chi connectivity index (χ2n) is 11.4. The number of esters is 1. The molecule has 2 aliphatic rings. The Morgan fingerprint density at radius 2 is 1.66 bits per heavy atom. The van der Waals surface area contributed by atoms with E-state index in [4.69, 9.17) is 21.3 Å². The van der Waals surface area contributed by atoms with Crippen LogP contribution in [0.25, 0.3) is 22.2 Å². The van der Waals surface area contributed by atoms with Crippen LogP contribution in [-0.2, 0) is 14.3 Å². The van der Waals surface area contributed by atoms with Gasteiger partial charge in [0.05, 0.1) is 39.3 Å². The minimum Gasteiger partial charge on any atom is -0.454 e. The molecule has 0 bridgehead atoms. The van der Waals surface area contributed by atoms with Crippen molar-refractivity contribution in [3.63, 3.8) is 0 Å². The van der Waals surface area contributed by atoms with Gasteiger partial charge in [0.25, 0.3) is 0 Å². The topological polar surface area (TPSA) is 93.6 Å². The predicted octanol–water partition coefficient (Wildman–Crippen LogP) is 8.35. The highest BCUT2D eigenvalue weighted by Crippen LogP contribution is 2.42. The first-order valence-corrected chi connectivity index (χ1v) is 16.2. The van der Waals surface area contributed by atoms with E-state index in [1.165, 1.54) is 4.90 Å². The minimum absolute atomic E-state index is 0.137. The third-order valence-corrected chi connectivity index (χ3v) is 10.4. The van der Waals surface area contributed by atoms with Gasteiger partial charge in [-0.25, -0.2) is 9.78 Å². The monoisotopic (exact) mass is 736 g/mol. The summed E-state index contributed by atoms with van der Waals surface area (Å²) in [4.78, 5) is 58.7. The van der Waals surface area contributed by atoms with E-state index in [1.807, 2.05) is 6.92 Å². The van der Waals surface area contributed by atoms with Gasteiger partial charge < -0.3 is 4.74 Å². The van der Waals surface area contributed by atoms with E-state index < -0.39 is 12.6 Å². The van der Waals surface area contributed by atoms with E-state index in [-0.39, 0.29) is 35.0 Å². The van der Waals surface area contributed by atoms with Crippen molar-refractivity contribution in [3.8, 4) is 11.3 Å². The summed E-state index contributed by atoms with van der Waals surface area (Å²) in [7, 11) is 0. The van der Waals surface area contributed by atoms with E-state index in [1.54, 1.807) is 60.7 Å². The van der Waals surface area contributed by atoms with E-state index >= 15 is 0 Å². The van der Waals surface area contributed by atoms with Crippen molar-refractivity contribution in [3.05, 3.63) is 91.3 Å². The highest BCUT2D eigenvalue weighted by Gasteiger charge is 2.49. The number of ether oxygens (including phenoxy) is 1. The molecule has 4 aromatic rings. The molecule has 7 nitrogen and oxygen atoms in total. The molecule has 0 radical (unpaired) electrons. The zero-order chi connectivity index (χ0) is 31.3. The number of pyridine rings is 1. The average molecular weight is 739 g/mol. The van der Waals surface area contributed by atoms with Crippen LogP contribution in [0.15, 0.2) is 69.6 Å². The maximum atomic E-state index is 13.4. The number of aromatic nitrogens is 1. The molecule has 6 rings (SSSR count). The zero-order valence-electron chi connectivity index (χ0n) is 23.9. The molecule has 1 saturated carbocycles. The molecule has 10 heteroatoms. The predicted molar refractivity (Wildman–Crippen MR) is 176 cm³/mol. The molecule has 1 aliphatic carbocycles. The molecule has 0 N–H and O–H groups in total. The van der Waals surface area contributed by atoms with E-state index in [9.17, 15) is 19.2 Å². The molecular weight excluding hydrogens is 712 g/mol. The van der Waals surface area contributed by atoms with Gasteiger partial charge in [0, 0.05) is 25.5 Å². The fourth-order valence-corrected chi connectivity index (χ4v) is 7.06. The number of Topliss-reactive ketones (excluding diaryl/α,β-unsaturated/α-hetero) is 1. The Labute approximate surface area is 276 Å². The number of hydrogen-bond donors (Lipinski definition) is 0. The first-order valence-electron chi connectivity index (χ1n) is 14.3. The molecule has 1 saturated heterocycles. The third kappa shape index (κ3) is 5.61. The number of carbonyl (C=O) groups is 4. The van der Waals surface area contributed by atoms with Gasteiger partial charge in [0.1, 0.15) is 0 Å². The lowest BCUT2D eigenvalue weighted by molar-refractivity contribution is -0.122. The molecule has 3 unspecified atom stereocenters. The Morgan fingerprint density at radius 3 is 2.36 bits per heavy atom. The number of hydrogen-bond acceptors (Lipinski definition) is 6. The van der Waals surface area contributed by atoms with Gasteiger partial charge in [0.15, 0.2) is 12.4 Å². The normalized spacial score (nSPS) is 19.8. The number of aryl methyl sites for hydroxylation is 1. The van der Waals surface area contributed by atoms with E-state index in [2.05, 4.69) is 38.8 Å². The lowest BCUT2D eigenvalue weighted by Gasteiger charge is -2.25. The maximum absolute atomic E-state index is 13.4. The molecule has 2 heterocycles. The van der Waals surface area contributed by atoms with Crippen LogP contribution in [0.4, 0.5) is 5.69 Å². The number of fused-ring (bicyclic) bond motifs is 2. The van der Waals surface area contributed by atoms with Gasteiger partial charge in [-0.1, -0.05) is 58.7 Å². The number of ketones is 1. The van der Waals surface area contributed by atoms with Crippen LogP contribution in [0.2, 0.25) is 5.02 Å². The summed E-state index contributed by atoms with van der Waals surface area (Å²) in [5, 5.41) is 0.981. The average Bonchev–Trinajstić information content (AvgIpc) is 3.26. The number of anilines is 1. The number of halogens is 3. The molecule has 3 aromatic carbocycles. The van der Waals surface area contributed by atoms with Gasteiger partial charge in [-0.3, -0.25) is 19.3 Å². The van der Waals surface area contributed by atoms with Crippen LogP contribution in [-0.4, -0.2) is 35.2 Å². The fourth-order valence-electron chi connectivity index (χ4n) is 6.13. The second-order valence-corrected chi connectivity index (χ2v) is 13.6. The second kappa shape index (κ2) is 12.2. The van der Waals surface area contributed by atoms with Crippen LogP contribution in [0.5, 0.6) is 0 Å². The van der Waals surface area contributed by atoms with Crippen molar-refractivity contribution in [1.29, 1.82) is 0 Å². The van der Waals surface area contributed by atoms with Crippen molar-refractivity contribution in [2.24, 2.45) is 17.8 Å². The Hall–Kier alpha value is -3.40. The van der Waals surface area contributed by atoms with Crippen molar-refractivity contribution < 1.29 is 23.9 Å². The maximum Gasteiger partial charge on any atom is 0.339 e. The largest absolute Gasteiger partial charge is 0.454 e. The summed E-state index contributed by atoms with van der Waals surface area (Å²) >= 11 is 13.3. The number of carbonyl (C=O) groups excluding carboxylic acids is 4. The highest BCUT2D eigenvalue weighted by atomic mass is 79.9. The number of benzene rings is 3. The number of rotatable bonds is 6. The quantitative estimate of drug-likeness (QED) is 0.112. The van der Waals surface area contributed by atoms with Gasteiger partial charge in [-0.05, 0) is 90.0 Å². The standard InChI is InChI=1S/C34H27Br2ClN2O5/c1-17-3-12-23-25(13-17)33(42)39(32(23)41)22-10-6-19(7-11-22)28-15-26(24-14-27(36)30(37)18(2)31(24)38-28)34(43)44-16-29(40)20-4-8-21(35)9-5-20/h4-11,14-15,17,23,25H,3,12-13,16H2,1-2H3. The molecule has 3 atom stereocenters. The summed E-state index contributed by atoms with van der Waals surface area (Å²) in [5.41, 5.74) is 3.48. The lowest BCUT2D eigenvalue weighted by Crippen LogP contribution is -2.30. The highest BCUT2D eigenvalue weighted by molar-refractivity contribution is 9.10. The molecule has 0 spiro atoms. The molecule has 1 aliphatic heterocycles. The number of amides is 2. The van der Waals surface area contributed by atoms with Crippen molar-refractivity contribution >= 4 is 83.6 Å². The van der Waals surface area contributed by atoms with Gasteiger partial charge in [-0.15, -0.1) is 0 Å². The van der Waals surface area contributed by atoms with Crippen LogP contribution in [0, 0.1) is 24.7 Å². The van der Waals surface area contributed by atoms with Crippen LogP contribution >= 0.6 is 43.5 Å². The number of nitrogens with zero attached hydrogens (tertiary/aromatic N) is 2. The van der Waals surface area contributed by atoms with Crippen LogP contribution < -0.4 is 4.90 Å². The summed E-state index contributed by atoms with van der Waals surface area (Å²) in [5.74, 6) is -1.38. The van der Waals surface area contributed by atoms with E-state index in [0.29, 0.717) is 54.4 Å². The minimum atomic E-state index is -0.681. The zero-order valence-corrected chi connectivity index (χ0v) is 27.8. The summed E-state index contributed by atoms with van der Waals surface area (Å²) < 4.78 is 6.92. The summed E-state index contributed by atoms with van der Waals surface area (Å²) in [6.07, 6.45) is 2.41. The molecule has 1 aromatic heterocycles. The third-order valence-electron chi connectivity index (χ3n) is 8.55. The molecule has 224 valence electrons. The van der Waals surface area contributed by atoms with Crippen LogP contribution in [0.3, 0.4) is 0 Å². The summed E-state index contributed by atoms with van der Waals surface area (Å²) in [6.45, 7) is 3.51. The smallest absolute Gasteiger partial charge is 0.339 e. The van der Waals surface area contributed by atoms with Crippen molar-refractivity contribution in [2.75, 3.05) is 11.5 Å². The fraction of sp³-hybridized carbons (Fsp3) is 0.265. The summed E-state index contributed by atoms with van der Waals surface area (Å²) in [6, 6.07) is 17.1. The van der Waals surface area contributed by atoms with Gasteiger partial charge in [-0.2, -0.15) is 0 Å². The lowest BCUT2D eigenvalue weighted by atomic mass is 9.76. The SMILES string of the molecule is Cc1c(Cl)c(Br)cc2c(C(=O)OCC(=O)c3ccc(Br)cc3)cc(-c3ccc(N4C(=O)C5CCC(C)CC5C4=O)cc3)nc12. The molecule has 2 fully saturated rings. The first kappa shape index (κ1) is 30.6.